The number of hydrogen-bond acceptors (Lipinski definition) is 4. The number of carbonyl (C=O) groups is 2. The van der Waals surface area contributed by atoms with E-state index in [1.807, 2.05) is 0 Å². The summed E-state index contributed by atoms with van der Waals surface area (Å²) in [6, 6.07) is 4.46. The van der Waals surface area contributed by atoms with Gasteiger partial charge in [0.1, 0.15) is 0 Å². The van der Waals surface area contributed by atoms with Crippen LogP contribution in [0.15, 0.2) is 23.4 Å². The Morgan fingerprint density at radius 2 is 1.89 bits per heavy atom. The fraction of sp³-hybridized carbons (Fsp3) is 0.182. The van der Waals surface area contributed by atoms with Crippen LogP contribution >= 0.6 is 34.8 Å². The van der Waals surface area contributed by atoms with Gasteiger partial charge in [-0.05, 0) is 12.1 Å². The summed E-state index contributed by atoms with van der Waals surface area (Å²) in [6.45, 7) is 0. The Morgan fingerprint density at radius 3 is 2.47 bits per heavy atom. The standard InChI is InChI=1S/C11H9Cl3N2O3/c1-16(2)10(17)9(14)15-19-11(18)6-4-3-5-7(12)8(6)13/h3-5H,1-2H3. The number of amides is 1. The molecule has 1 rings (SSSR count). The summed E-state index contributed by atoms with van der Waals surface area (Å²) in [4.78, 5) is 28.7. The largest absolute Gasteiger partial charge is 0.367 e. The van der Waals surface area contributed by atoms with E-state index >= 15 is 0 Å². The summed E-state index contributed by atoms with van der Waals surface area (Å²) >= 11 is 17.1. The maximum Gasteiger partial charge on any atom is 0.367 e. The number of benzene rings is 1. The highest BCUT2D eigenvalue weighted by atomic mass is 35.5. The van der Waals surface area contributed by atoms with Crippen LogP contribution in [0.2, 0.25) is 10.0 Å². The van der Waals surface area contributed by atoms with E-state index in [-0.39, 0.29) is 15.6 Å². The molecule has 0 N–H and O–H groups in total. The first-order chi connectivity index (χ1) is 8.84. The number of oxime groups is 1. The van der Waals surface area contributed by atoms with Crippen molar-refractivity contribution in [3.05, 3.63) is 33.8 Å². The van der Waals surface area contributed by atoms with Crippen LogP contribution in [0.4, 0.5) is 0 Å². The van der Waals surface area contributed by atoms with Crippen molar-refractivity contribution in [3.8, 4) is 0 Å². The molecular weight excluding hydrogens is 314 g/mol. The molecule has 0 bridgehead atoms. The van der Waals surface area contributed by atoms with Crippen LogP contribution in [0.1, 0.15) is 10.4 Å². The van der Waals surface area contributed by atoms with Gasteiger partial charge in [-0.15, -0.1) is 0 Å². The zero-order valence-electron chi connectivity index (χ0n) is 9.99. The van der Waals surface area contributed by atoms with Crippen LogP contribution < -0.4 is 0 Å². The Morgan fingerprint density at radius 1 is 1.26 bits per heavy atom. The minimum absolute atomic E-state index is 0.0275. The molecule has 0 spiro atoms. The number of carbonyl (C=O) groups excluding carboxylic acids is 2. The van der Waals surface area contributed by atoms with Crippen molar-refractivity contribution in [3.63, 3.8) is 0 Å². The minimum atomic E-state index is -0.864. The van der Waals surface area contributed by atoms with Crippen molar-refractivity contribution in [2.75, 3.05) is 14.1 Å². The fourth-order valence-corrected chi connectivity index (χ4v) is 1.60. The molecule has 1 amide bonds. The van der Waals surface area contributed by atoms with Gasteiger partial charge in [0, 0.05) is 14.1 Å². The molecule has 0 aliphatic rings. The fourth-order valence-electron chi connectivity index (χ4n) is 1.02. The van der Waals surface area contributed by atoms with E-state index in [1.165, 1.54) is 37.2 Å². The maximum absolute atomic E-state index is 11.7. The van der Waals surface area contributed by atoms with Crippen molar-refractivity contribution in [1.29, 1.82) is 0 Å². The molecule has 19 heavy (non-hydrogen) atoms. The van der Waals surface area contributed by atoms with Crippen molar-refractivity contribution < 1.29 is 14.4 Å². The summed E-state index contributed by atoms with van der Waals surface area (Å²) < 4.78 is 0. The van der Waals surface area contributed by atoms with Gasteiger partial charge in [-0.3, -0.25) is 4.79 Å². The van der Waals surface area contributed by atoms with Gasteiger partial charge in [0.25, 0.3) is 5.91 Å². The predicted molar refractivity (Wildman–Crippen MR) is 73.9 cm³/mol. The van der Waals surface area contributed by atoms with Gasteiger partial charge >= 0.3 is 5.97 Å². The van der Waals surface area contributed by atoms with E-state index < -0.39 is 17.0 Å². The first-order valence-corrected chi connectivity index (χ1v) is 6.08. The zero-order chi connectivity index (χ0) is 14.6. The second kappa shape index (κ2) is 6.75. The molecule has 102 valence electrons. The molecular formula is C11H9Cl3N2O3. The van der Waals surface area contributed by atoms with Crippen molar-refractivity contribution in [2.45, 2.75) is 0 Å². The molecule has 1 aromatic carbocycles. The molecule has 0 fully saturated rings. The maximum atomic E-state index is 11.7. The average molecular weight is 324 g/mol. The Hall–Kier alpha value is -1.30. The van der Waals surface area contributed by atoms with Gasteiger partial charge in [0.15, 0.2) is 0 Å². The summed E-state index contributed by atoms with van der Waals surface area (Å²) in [5.74, 6) is -1.45. The molecule has 0 aromatic heterocycles. The van der Waals surface area contributed by atoms with E-state index in [0.717, 1.165) is 0 Å². The molecule has 0 heterocycles. The summed E-state index contributed by atoms with van der Waals surface area (Å²) in [7, 11) is 2.96. The summed E-state index contributed by atoms with van der Waals surface area (Å²) in [5, 5.41) is 3.00. The molecule has 0 unspecified atom stereocenters. The van der Waals surface area contributed by atoms with E-state index in [1.54, 1.807) is 0 Å². The van der Waals surface area contributed by atoms with Gasteiger partial charge in [-0.25, -0.2) is 4.79 Å². The van der Waals surface area contributed by atoms with Crippen LogP contribution in [0, 0.1) is 0 Å². The van der Waals surface area contributed by atoms with E-state index in [4.69, 9.17) is 34.8 Å². The van der Waals surface area contributed by atoms with E-state index in [0.29, 0.717) is 0 Å². The molecule has 0 atom stereocenters. The third-order valence-corrected chi connectivity index (χ3v) is 3.01. The number of hydrogen-bond donors (Lipinski definition) is 0. The first kappa shape index (κ1) is 15.8. The molecule has 0 aliphatic carbocycles. The van der Waals surface area contributed by atoms with Crippen molar-refractivity contribution in [1.82, 2.24) is 4.90 Å². The topological polar surface area (TPSA) is 59.0 Å². The molecule has 0 saturated carbocycles. The highest BCUT2D eigenvalue weighted by Gasteiger charge is 2.16. The first-order valence-electron chi connectivity index (χ1n) is 4.95. The van der Waals surface area contributed by atoms with Crippen LogP contribution in [-0.4, -0.2) is 36.0 Å². The molecule has 8 heteroatoms. The molecule has 0 radical (unpaired) electrons. The normalized spacial score (nSPS) is 11.1. The van der Waals surface area contributed by atoms with Crippen LogP contribution in [0.5, 0.6) is 0 Å². The Labute approximate surface area is 124 Å². The minimum Gasteiger partial charge on any atom is -0.343 e. The lowest BCUT2D eigenvalue weighted by Crippen LogP contribution is -2.27. The summed E-state index contributed by atoms with van der Waals surface area (Å²) in [5.41, 5.74) is 0.0275. The smallest absolute Gasteiger partial charge is 0.343 e. The SMILES string of the molecule is CN(C)C(=O)C(Cl)=NOC(=O)c1cccc(Cl)c1Cl. The Balaban J connectivity index is 2.84. The Bertz CT molecular complexity index is 544. The second-order valence-corrected chi connectivity index (χ2v) is 4.70. The lowest BCUT2D eigenvalue weighted by Gasteiger charge is -2.07. The average Bonchev–Trinajstić information content (AvgIpc) is 2.37. The van der Waals surface area contributed by atoms with Crippen LogP contribution in [0.25, 0.3) is 0 Å². The van der Waals surface area contributed by atoms with Crippen molar-refractivity contribution >= 4 is 51.9 Å². The van der Waals surface area contributed by atoms with Gasteiger partial charge in [0.05, 0.1) is 15.6 Å². The van der Waals surface area contributed by atoms with Crippen molar-refractivity contribution in [2.24, 2.45) is 5.16 Å². The monoisotopic (exact) mass is 322 g/mol. The third kappa shape index (κ3) is 4.09. The van der Waals surface area contributed by atoms with Gasteiger partial charge in [-0.1, -0.05) is 46.0 Å². The lowest BCUT2D eigenvalue weighted by atomic mass is 10.2. The second-order valence-electron chi connectivity index (χ2n) is 3.56. The highest BCUT2D eigenvalue weighted by molar-refractivity contribution is 6.82. The van der Waals surface area contributed by atoms with Gasteiger partial charge in [0.2, 0.25) is 5.17 Å². The number of halogens is 3. The number of nitrogens with zero attached hydrogens (tertiary/aromatic N) is 2. The van der Waals surface area contributed by atoms with Crippen LogP contribution in [0.3, 0.4) is 0 Å². The zero-order valence-corrected chi connectivity index (χ0v) is 12.3. The van der Waals surface area contributed by atoms with Gasteiger partial charge in [-0.2, -0.15) is 0 Å². The highest BCUT2D eigenvalue weighted by Crippen LogP contribution is 2.26. The predicted octanol–water partition coefficient (Wildman–Crippen LogP) is 2.79. The summed E-state index contributed by atoms with van der Waals surface area (Å²) in [6.07, 6.45) is 0. The molecule has 1 aromatic rings. The lowest BCUT2D eigenvalue weighted by molar-refractivity contribution is -0.121. The van der Waals surface area contributed by atoms with E-state index in [2.05, 4.69) is 9.99 Å². The Kier molecular flexibility index (Phi) is 5.60. The molecule has 5 nitrogen and oxygen atoms in total. The molecule has 0 saturated heterocycles. The van der Waals surface area contributed by atoms with E-state index in [9.17, 15) is 9.59 Å². The van der Waals surface area contributed by atoms with Gasteiger partial charge < -0.3 is 9.74 Å². The molecule has 0 aliphatic heterocycles. The quantitative estimate of drug-likeness (QED) is 0.488. The third-order valence-electron chi connectivity index (χ3n) is 1.96. The number of rotatable bonds is 3. The van der Waals surface area contributed by atoms with Crippen LogP contribution in [-0.2, 0) is 9.63 Å².